The normalized spacial score (nSPS) is 12.7. The highest BCUT2D eigenvalue weighted by Gasteiger charge is 2.54. The van der Waals surface area contributed by atoms with E-state index < -0.39 is 30.3 Å². The van der Waals surface area contributed by atoms with Crippen molar-refractivity contribution in [3.05, 3.63) is 48.4 Å². The molecular weight excluding hydrogens is 394 g/mol. The van der Waals surface area contributed by atoms with E-state index in [9.17, 15) is 15.3 Å². The lowest BCUT2D eigenvalue weighted by Gasteiger charge is -2.50. The molecule has 0 saturated heterocycles. The lowest BCUT2D eigenvalue weighted by atomic mass is 9.64. The van der Waals surface area contributed by atoms with Gasteiger partial charge in [0.25, 0.3) is 0 Å². The molecule has 0 aromatic carbocycles. The Morgan fingerprint density at radius 3 is 1.84 bits per heavy atom. The highest BCUT2D eigenvalue weighted by molar-refractivity contribution is 5.10. The Morgan fingerprint density at radius 2 is 1.39 bits per heavy atom. The summed E-state index contributed by atoms with van der Waals surface area (Å²) in [6.07, 6.45) is 13.5. The van der Waals surface area contributed by atoms with Crippen LogP contribution in [0, 0.1) is 5.41 Å². The van der Waals surface area contributed by atoms with Crippen LogP contribution in [0.1, 0.15) is 70.6 Å². The molecule has 1 atom stereocenters. The van der Waals surface area contributed by atoms with Crippen LogP contribution in [0.25, 0.3) is 10.4 Å². The molecule has 3 N–H and O–H groups in total. The van der Waals surface area contributed by atoms with Gasteiger partial charge in [0.1, 0.15) is 0 Å². The van der Waals surface area contributed by atoms with Gasteiger partial charge in [0, 0.05) is 18.1 Å². The van der Waals surface area contributed by atoms with Gasteiger partial charge in [0.15, 0.2) is 0 Å². The fourth-order valence-electron chi connectivity index (χ4n) is 4.11. The summed E-state index contributed by atoms with van der Waals surface area (Å²) in [6, 6.07) is 0. The van der Waals surface area contributed by atoms with Crippen LogP contribution in [-0.4, -0.2) is 53.4 Å². The van der Waals surface area contributed by atoms with E-state index in [0.29, 0.717) is 26.0 Å². The number of aliphatic hydroxyl groups is 3. The number of aliphatic hydroxyl groups excluding tert-OH is 3. The van der Waals surface area contributed by atoms with Crippen molar-refractivity contribution in [2.45, 2.75) is 82.3 Å². The third-order valence-corrected chi connectivity index (χ3v) is 6.04. The lowest BCUT2D eigenvalue weighted by molar-refractivity contribution is -0.207. The average molecular weight is 438 g/mol. The minimum absolute atomic E-state index is 0.239. The molecule has 0 aromatic rings. The molecule has 7 nitrogen and oxygen atoms in total. The second-order valence-electron chi connectivity index (χ2n) is 8.12. The monoisotopic (exact) mass is 437 g/mol. The van der Waals surface area contributed by atoms with Crippen molar-refractivity contribution in [3.63, 3.8) is 0 Å². The van der Waals surface area contributed by atoms with E-state index in [2.05, 4.69) is 29.8 Å². The van der Waals surface area contributed by atoms with E-state index in [4.69, 9.17) is 10.3 Å². The maximum absolute atomic E-state index is 10.8. The van der Waals surface area contributed by atoms with Crippen molar-refractivity contribution in [1.82, 2.24) is 0 Å². The summed E-state index contributed by atoms with van der Waals surface area (Å²) in [6.45, 7) is 11.5. The van der Waals surface area contributed by atoms with E-state index in [-0.39, 0.29) is 6.42 Å². The molecule has 0 aliphatic heterocycles. The predicted molar refractivity (Wildman–Crippen MR) is 127 cm³/mol. The Balaban J connectivity index is 4.74. The third kappa shape index (κ3) is 9.58. The van der Waals surface area contributed by atoms with Crippen LogP contribution in [0.5, 0.6) is 0 Å². The van der Waals surface area contributed by atoms with Crippen molar-refractivity contribution in [2.24, 2.45) is 10.5 Å². The zero-order valence-electron chi connectivity index (χ0n) is 19.1. The van der Waals surface area contributed by atoms with E-state index >= 15 is 0 Å². The molecule has 31 heavy (non-hydrogen) atoms. The van der Waals surface area contributed by atoms with E-state index in [0.717, 1.165) is 44.9 Å². The zero-order valence-corrected chi connectivity index (χ0v) is 19.1. The molecule has 0 spiro atoms. The fraction of sp³-hybridized carbons (Fsp3) is 0.750. The molecule has 1 unspecified atom stereocenters. The number of hydrogen-bond acceptors (Lipinski definition) is 5. The number of ether oxygens (including phenoxy) is 1. The van der Waals surface area contributed by atoms with Gasteiger partial charge in [-0.3, -0.25) is 0 Å². The summed E-state index contributed by atoms with van der Waals surface area (Å²) in [7, 11) is 0. The van der Waals surface area contributed by atoms with Gasteiger partial charge in [-0.05, 0) is 37.6 Å². The van der Waals surface area contributed by atoms with Crippen LogP contribution in [0.3, 0.4) is 0 Å². The molecule has 178 valence electrons. The van der Waals surface area contributed by atoms with Crippen LogP contribution in [0.2, 0.25) is 0 Å². The molecule has 0 amide bonds. The van der Waals surface area contributed by atoms with Gasteiger partial charge in [-0.25, -0.2) is 0 Å². The molecule has 0 fully saturated rings. The van der Waals surface area contributed by atoms with Crippen LogP contribution in [-0.2, 0) is 4.74 Å². The largest absolute Gasteiger partial charge is 0.395 e. The molecule has 0 radical (unpaired) electrons. The van der Waals surface area contributed by atoms with Crippen molar-refractivity contribution < 1.29 is 20.1 Å². The molecule has 0 saturated carbocycles. The molecule has 7 heteroatoms. The standard InChI is InChI=1S/C24H43N3O4/c1-4-15-22(30)23(20-28,21-29)24(16-5-2,17-6-3)31-19-14-12-10-8-7-9-11-13-18-26-27-25/h4-6,22,28-30H,1-3,7-21H2. The highest BCUT2D eigenvalue weighted by Crippen LogP contribution is 2.44. The number of rotatable bonds is 22. The van der Waals surface area contributed by atoms with E-state index in [1.807, 2.05) is 0 Å². The molecular formula is C24H43N3O4. The summed E-state index contributed by atoms with van der Waals surface area (Å²) in [5.41, 5.74) is 6.00. The van der Waals surface area contributed by atoms with Crippen molar-refractivity contribution in [2.75, 3.05) is 26.4 Å². The van der Waals surface area contributed by atoms with E-state index in [1.165, 1.54) is 6.42 Å². The smallest absolute Gasteiger partial charge is 0.0875 e. The van der Waals surface area contributed by atoms with Gasteiger partial charge in [-0.15, -0.1) is 19.7 Å². The number of unbranched alkanes of at least 4 members (excludes halogenated alkanes) is 7. The van der Waals surface area contributed by atoms with Gasteiger partial charge in [-0.2, -0.15) is 0 Å². The van der Waals surface area contributed by atoms with Crippen molar-refractivity contribution in [3.8, 4) is 0 Å². The molecule has 0 bridgehead atoms. The summed E-state index contributed by atoms with van der Waals surface area (Å²) in [5, 5.41) is 34.8. The average Bonchev–Trinajstić information content (AvgIpc) is 2.76. The molecule has 0 aliphatic carbocycles. The Labute approximate surface area is 188 Å². The number of azide groups is 1. The highest BCUT2D eigenvalue weighted by atomic mass is 16.5. The lowest BCUT2D eigenvalue weighted by Crippen LogP contribution is -2.60. The number of nitrogens with zero attached hydrogens (tertiary/aromatic N) is 3. The first-order valence-electron chi connectivity index (χ1n) is 11.4. The second kappa shape index (κ2) is 18.0. The number of hydrogen-bond donors (Lipinski definition) is 3. The van der Waals surface area contributed by atoms with Gasteiger partial charge >= 0.3 is 0 Å². The zero-order chi connectivity index (χ0) is 23.4. The maximum Gasteiger partial charge on any atom is 0.0875 e. The maximum atomic E-state index is 10.8. The minimum atomic E-state index is -1.25. The van der Waals surface area contributed by atoms with Gasteiger partial charge in [0.2, 0.25) is 0 Å². The second-order valence-corrected chi connectivity index (χ2v) is 8.12. The van der Waals surface area contributed by atoms with Crippen LogP contribution in [0.4, 0.5) is 0 Å². The van der Waals surface area contributed by atoms with Crippen LogP contribution in [0.15, 0.2) is 43.1 Å². The molecule has 0 aliphatic rings. The third-order valence-electron chi connectivity index (χ3n) is 6.04. The minimum Gasteiger partial charge on any atom is -0.395 e. The van der Waals surface area contributed by atoms with Crippen molar-refractivity contribution >= 4 is 0 Å². The molecule has 0 heterocycles. The van der Waals surface area contributed by atoms with E-state index in [1.54, 1.807) is 18.2 Å². The first-order valence-corrected chi connectivity index (χ1v) is 11.4. The van der Waals surface area contributed by atoms with Crippen molar-refractivity contribution in [1.29, 1.82) is 0 Å². The van der Waals surface area contributed by atoms with Crippen LogP contribution < -0.4 is 0 Å². The summed E-state index contributed by atoms with van der Waals surface area (Å²) >= 11 is 0. The van der Waals surface area contributed by atoms with Gasteiger partial charge < -0.3 is 20.1 Å². The predicted octanol–water partition coefficient (Wildman–Crippen LogP) is 5.23. The fourth-order valence-corrected chi connectivity index (χ4v) is 4.11. The quantitative estimate of drug-likeness (QED) is 0.0706. The van der Waals surface area contributed by atoms with Gasteiger partial charge in [0.05, 0.1) is 30.3 Å². The Morgan fingerprint density at radius 1 is 0.871 bits per heavy atom. The summed E-state index contributed by atoms with van der Waals surface area (Å²) < 4.78 is 6.31. The summed E-state index contributed by atoms with van der Waals surface area (Å²) in [5.74, 6) is 0. The first kappa shape index (κ1) is 29.4. The van der Waals surface area contributed by atoms with Crippen LogP contribution >= 0.6 is 0 Å². The molecule has 0 aromatic heterocycles. The first-order chi connectivity index (χ1) is 15.0. The van der Waals surface area contributed by atoms with Gasteiger partial charge in [-0.1, -0.05) is 61.9 Å². The Hall–Kier alpha value is -1.63. The topological polar surface area (TPSA) is 119 Å². The Kier molecular flexibility index (Phi) is 17.0. The Bertz CT molecular complexity index is 533. The summed E-state index contributed by atoms with van der Waals surface area (Å²) in [4.78, 5) is 2.75. The molecule has 0 rings (SSSR count). The SMILES string of the molecule is C=CCC(O)C(CO)(CO)C(CC=C)(CC=C)OCCCCCCCCCCN=[N+]=[N-].